The van der Waals surface area contributed by atoms with Crippen LogP contribution in [0.2, 0.25) is 0 Å². The first-order chi connectivity index (χ1) is 10.9. The van der Waals surface area contributed by atoms with Crippen molar-refractivity contribution in [2.75, 3.05) is 18.1 Å². The second kappa shape index (κ2) is 6.22. The Morgan fingerprint density at radius 2 is 2.09 bits per heavy atom. The number of rotatable bonds is 6. The van der Waals surface area contributed by atoms with Crippen LogP contribution in [-0.2, 0) is 14.6 Å². The molecule has 0 aromatic carbocycles. The van der Waals surface area contributed by atoms with Crippen LogP contribution in [0.3, 0.4) is 0 Å². The van der Waals surface area contributed by atoms with E-state index in [0.29, 0.717) is 24.2 Å². The number of amides is 1. The van der Waals surface area contributed by atoms with Crippen molar-refractivity contribution in [3.05, 3.63) is 11.7 Å². The van der Waals surface area contributed by atoms with Crippen LogP contribution in [0.5, 0.6) is 0 Å². The zero-order chi connectivity index (χ0) is 16.6. The fraction of sp³-hybridized carbons (Fsp3) is 0.800. The fourth-order valence-corrected chi connectivity index (χ4v) is 4.73. The van der Waals surface area contributed by atoms with Crippen LogP contribution in [0.25, 0.3) is 0 Å². The summed E-state index contributed by atoms with van der Waals surface area (Å²) in [4.78, 5) is 18.4. The number of hydrogen-bond acceptors (Lipinski definition) is 6. The molecule has 3 rings (SSSR count). The highest BCUT2D eigenvalue weighted by atomic mass is 32.2. The molecule has 0 bridgehead atoms. The summed E-state index contributed by atoms with van der Waals surface area (Å²) in [5.74, 6) is 0.783. The van der Waals surface area contributed by atoms with Crippen LogP contribution in [0.15, 0.2) is 4.52 Å². The molecule has 0 unspecified atom stereocenters. The minimum atomic E-state index is -3.38. The normalized spacial score (nSPS) is 22.0. The van der Waals surface area contributed by atoms with Gasteiger partial charge in [-0.25, -0.2) is 8.42 Å². The lowest BCUT2D eigenvalue weighted by Crippen LogP contribution is -2.36. The molecular weight excluding hydrogens is 318 g/mol. The fourth-order valence-electron chi connectivity index (χ4n) is 3.05. The van der Waals surface area contributed by atoms with Crippen LogP contribution in [0, 0.1) is 5.92 Å². The Bertz CT molecular complexity index is 679. The van der Waals surface area contributed by atoms with Crippen molar-refractivity contribution < 1.29 is 17.7 Å². The number of nitrogens with zero attached hydrogens (tertiary/aromatic N) is 3. The van der Waals surface area contributed by atoms with Crippen molar-refractivity contribution in [2.24, 2.45) is 5.92 Å². The Balaban J connectivity index is 1.69. The van der Waals surface area contributed by atoms with Crippen LogP contribution in [-0.4, -0.2) is 47.4 Å². The first kappa shape index (κ1) is 16.4. The Morgan fingerprint density at radius 3 is 2.74 bits per heavy atom. The van der Waals surface area contributed by atoms with Crippen molar-refractivity contribution in [1.82, 2.24) is 15.0 Å². The Labute approximate surface area is 136 Å². The molecule has 1 aliphatic carbocycles. The van der Waals surface area contributed by atoms with E-state index in [2.05, 4.69) is 10.1 Å². The minimum Gasteiger partial charge on any atom is -0.339 e. The standard InChI is InChI=1S/C15H23N3O4S/c1-10(2)8-23(20,21)9-13(19)18-7-3-4-12(18)14-16-15(22-17-14)11-5-6-11/h10-12H,3-9H2,1-2H3/t12-/m0/s1. The molecule has 1 atom stereocenters. The monoisotopic (exact) mass is 341 g/mol. The Kier molecular flexibility index (Phi) is 4.44. The van der Waals surface area contributed by atoms with Gasteiger partial charge in [-0.15, -0.1) is 0 Å². The predicted molar refractivity (Wildman–Crippen MR) is 83.5 cm³/mol. The maximum atomic E-state index is 12.4. The maximum Gasteiger partial charge on any atom is 0.238 e. The molecule has 1 aliphatic heterocycles. The highest BCUT2D eigenvalue weighted by molar-refractivity contribution is 7.92. The molecule has 7 nitrogen and oxygen atoms in total. The van der Waals surface area contributed by atoms with Gasteiger partial charge in [-0.1, -0.05) is 19.0 Å². The van der Waals surface area contributed by atoms with Gasteiger partial charge in [0.15, 0.2) is 15.7 Å². The van der Waals surface area contributed by atoms with Crippen LogP contribution in [0.4, 0.5) is 0 Å². The molecule has 2 heterocycles. The van der Waals surface area contributed by atoms with Crippen LogP contribution in [0.1, 0.15) is 63.2 Å². The molecule has 2 fully saturated rings. The average molecular weight is 341 g/mol. The van der Waals surface area contributed by atoms with Gasteiger partial charge in [-0.3, -0.25) is 4.79 Å². The second-order valence-corrected chi connectivity index (χ2v) is 9.07. The second-order valence-electron chi connectivity index (χ2n) is 6.96. The smallest absolute Gasteiger partial charge is 0.238 e. The molecule has 0 N–H and O–H groups in total. The van der Waals surface area contributed by atoms with E-state index in [9.17, 15) is 13.2 Å². The largest absolute Gasteiger partial charge is 0.339 e. The van der Waals surface area contributed by atoms with E-state index < -0.39 is 15.6 Å². The lowest BCUT2D eigenvalue weighted by atomic mass is 10.2. The number of sulfone groups is 1. The Hall–Kier alpha value is -1.44. The van der Waals surface area contributed by atoms with Gasteiger partial charge in [0, 0.05) is 12.5 Å². The lowest BCUT2D eigenvalue weighted by Gasteiger charge is -2.22. The summed E-state index contributed by atoms with van der Waals surface area (Å²) in [6, 6.07) is -0.256. The third-order valence-electron chi connectivity index (χ3n) is 4.19. The molecule has 8 heteroatoms. The van der Waals surface area contributed by atoms with Gasteiger partial charge in [0.05, 0.1) is 11.8 Å². The molecule has 1 amide bonds. The van der Waals surface area contributed by atoms with Crippen molar-refractivity contribution in [3.8, 4) is 0 Å². The summed E-state index contributed by atoms with van der Waals surface area (Å²) in [5.41, 5.74) is 0. The summed E-state index contributed by atoms with van der Waals surface area (Å²) in [6.07, 6.45) is 3.72. The Morgan fingerprint density at radius 1 is 1.35 bits per heavy atom. The first-order valence-corrected chi connectivity index (χ1v) is 10.0. The van der Waals surface area contributed by atoms with Gasteiger partial charge in [-0.05, 0) is 31.6 Å². The third kappa shape index (κ3) is 3.91. The number of likely N-dealkylation sites (tertiary alicyclic amines) is 1. The average Bonchev–Trinajstić information content (AvgIpc) is 2.99. The molecule has 1 aromatic heterocycles. The summed E-state index contributed by atoms with van der Waals surface area (Å²) >= 11 is 0. The van der Waals surface area contributed by atoms with Gasteiger partial charge in [0.25, 0.3) is 0 Å². The first-order valence-electron chi connectivity index (χ1n) is 8.19. The van der Waals surface area contributed by atoms with Crippen molar-refractivity contribution in [2.45, 2.75) is 51.5 Å². The van der Waals surface area contributed by atoms with Gasteiger partial charge < -0.3 is 9.42 Å². The van der Waals surface area contributed by atoms with E-state index in [4.69, 9.17) is 4.52 Å². The molecule has 128 valence electrons. The van der Waals surface area contributed by atoms with Gasteiger partial charge in [-0.2, -0.15) is 4.98 Å². The molecule has 1 aromatic rings. The third-order valence-corrected chi connectivity index (χ3v) is 6.05. The van der Waals surface area contributed by atoms with Gasteiger partial charge in [0.1, 0.15) is 5.75 Å². The molecule has 1 saturated carbocycles. The number of carbonyl (C=O) groups is 1. The predicted octanol–water partition coefficient (Wildman–Crippen LogP) is 1.68. The van der Waals surface area contributed by atoms with E-state index in [1.807, 2.05) is 13.8 Å². The highest BCUT2D eigenvalue weighted by Gasteiger charge is 2.37. The summed E-state index contributed by atoms with van der Waals surface area (Å²) < 4.78 is 29.4. The number of aromatic nitrogens is 2. The topological polar surface area (TPSA) is 93.4 Å². The van der Waals surface area contributed by atoms with Gasteiger partial charge in [0.2, 0.25) is 11.8 Å². The zero-order valence-corrected chi connectivity index (χ0v) is 14.4. The van der Waals surface area contributed by atoms with Crippen molar-refractivity contribution in [3.63, 3.8) is 0 Å². The number of hydrogen-bond donors (Lipinski definition) is 0. The molecule has 23 heavy (non-hydrogen) atoms. The van der Waals surface area contributed by atoms with Crippen molar-refractivity contribution >= 4 is 15.7 Å². The summed E-state index contributed by atoms with van der Waals surface area (Å²) in [5, 5.41) is 4.01. The van der Waals surface area contributed by atoms with Gasteiger partial charge >= 0.3 is 0 Å². The molecule has 0 radical (unpaired) electrons. The molecule has 2 aliphatic rings. The van der Waals surface area contributed by atoms with E-state index in [-0.39, 0.29) is 23.6 Å². The highest BCUT2D eigenvalue weighted by Crippen LogP contribution is 2.40. The molecular formula is C15H23N3O4S. The van der Waals surface area contributed by atoms with Crippen molar-refractivity contribution in [1.29, 1.82) is 0 Å². The van der Waals surface area contributed by atoms with E-state index >= 15 is 0 Å². The van der Waals surface area contributed by atoms with E-state index in [1.165, 1.54) is 0 Å². The summed E-state index contributed by atoms with van der Waals surface area (Å²) in [7, 11) is -3.38. The summed E-state index contributed by atoms with van der Waals surface area (Å²) in [6.45, 7) is 4.22. The minimum absolute atomic E-state index is 0.0143. The quantitative estimate of drug-likeness (QED) is 0.781. The number of carbonyl (C=O) groups excluding carboxylic acids is 1. The van der Waals surface area contributed by atoms with E-state index in [1.54, 1.807) is 4.90 Å². The molecule has 1 saturated heterocycles. The van der Waals surface area contributed by atoms with Crippen LogP contribution >= 0.6 is 0 Å². The SMILES string of the molecule is CC(C)CS(=O)(=O)CC(=O)N1CCC[C@H]1c1noc(C2CC2)n1. The zero-order valence-electron chi connectivity index (χ0n) is 13.6. The maximum absolute atomic E-state index is 12.4. The van der Waals surface area contributed by atoms with E-state index in [0.717, 1.165) is 25.7 Å². The van der Waals surface area contributed by atoms with Crippen LogP contribution < -0.4 is 0 Å². The lowest BCUT2D eigenvalue weighted by molar-refractivity contribution is -0.129. The molecule has 0 spiro atoms.